The Bertz CT molecular complexity index is 463. The summed E-state index contributed by atoms with van der Waals surface area (Å²) in [7, 11) is 1.77. The van der Waals surface area contributed by atoms with Crippen molar-refractivity contribution in [1.29, 1.82) is 0 Å². The predicted octanol–water partition coefficient (Wildman–Crippen LogP) is 2.18. The van der Waals surface area contributed by atoms with Crippen LogP contribution in [-0.2, 0) is 11.2 Å². The second kappa shape index (κ2) is 8.52. The van der Waals surface area contributed by atoms with Crippen molar-refractivity contribution >= 4 is 5.91 Å². The van der Waals surface area contributed by atoms with Gasteiger partial charge in [-0.15, -0.1) is 0 Å². The first-order chi connectivity index (χ1) is 10.0. The molecule has 1 unspecified atom stereocenters. The summed E-state index contributed by atoms with van der Waals surface area (Å²) in [4.78, 5) is 13.2. The molecule has 21 heavy (non-hydrogen) atoms. The number of carbonyl (C=O) groups excluding carboxylic acids is 1. The molecule has 0 fully saturated rings. The number of amides is 1. The number of nitrogens with two attached hydrogens (primary N) is 1. The van der Waals surface area contributed by atoms with Crippen molar-refractivity contribution < 1.29 is 14.3 Å². The number of likely N-dealkylation sites (N-methyl/N-ethyl adjacent to an activating group) is 1. The van der Waals surface area contributed by atoms with Gasteiger partial charge in [0.2, 0.25) is 12.7 Å². The average Bonchev–Trinajstić information content (AvgIpc) is 2.94. The topological polar surface area (TPSA) is 64.8 Å². The van der Waals surface area contributed by atoms with Gasteiger partial charge in [-0.1, -0.05) is 26.3 Å². The van der Waals surface area contributed by atoms with Crippen molar-refractivity contribution in [2.75, 3.05) is 20.4 Å². The molecule has 0 aromatic heterocycles. The summed E-state index contributed by atoms with van der Waals surface area (Å²) in [6, 6.07) is 5.95. The molecule has 1 heterocycles. The molecular formula is C16H26N2O3. The van der Waals surface area contributed by atoms with Crippen molar-refractivity contribution in [2.45, 2.75) is 39.7 Å². The highest BCUT2D eigenvalue weighted by atomic mass is 16.7. The van der Waals surface area contributed by atoms with Crippen LogP contribution in [0.2, 0.25) is 0 Å². The zero-order valence-corrected chi connectivity index (χ0v) is 13.4. The highest BCUT2D eigenvalue weighted by Gasteiger charge is 2.17. The number of ether oxygens (including phenoxy) is 2. The molecule has 5 nitrogen and oxygen atoms in total. The van der Waals surface area contributed by atoms with E-state index in [1.54, 1.807) is 11.9 Å². The Hall–Kier alpha value is -1.75. The Morgan fingerprint density at radius 1 is 1.33 bits per heavy atom. The van der Waals surface area contributed by atoms with E-state index in [9.17, 15) is 4.79 Å². The minimum Gasteiger partial charge on any atom is -0.454 e. The van der Waals surface area contributed by atoms with Crippen molar-refractivity contribution in [1.82, 2.24) is 4.90 Å². The summed E-state index contributed by atoms with van der Waals surface area (Å²) < 4.78 is 10.6. The lowest BCUT2D eigenvalue weighted by Crippen LogP contribution is -2.40. The predicted molar refractivity (Wildman–Crippen MR) is 83.5 cm³/mol. The minimum absolute atomic E-state index is 0.0436. The third-order valence-corrected chi connectivity index (χ3v) is 3.20. The number of hydrogen-bond acceptors (Lipinski definition) is 4. The lowest BCUT2D eigenvalue weighted by atomic mass is 10.1. The second-order valence-corrected chi connectivity index (χ2v) is 5.16. The maximum absolute atomic E-state index is 11.5. The maximum atomic E-state index is 11.5. The Morgan fingerprint density at radius 2 is 1.95 bits per heavy atom. The van der Waals surface area contributed by atoms with Gasteiger partial charge in [0.1, 0.15) is 0 Å². The third-order valence-electron chi connectivity index (χ3n) is 3.20. The number of rotatable bonds is 4. The molecule has 1 aliphatic heterocycles. The van der Waals surface area contributed by atoms with Gasteiger partial charge in [0.05, 0.1) is 6.54 Å². The zero-order chi connectivity index (χ0) is 15.8. The number of fused-ring (bicyclic) bond motifs is 1. The first-order valence-electron chi connectivity index (χ1n) is 7.37. The van der Waals surface area contributed by atoms with Gasteiger partial charge in [-0.05, 0) is 31.0 Å². The van der Waals surface area contributed by atoms with Gasteiger partial charge in [-0.25, -0.2) is 0 Å². The Labute approximate surface area is 127 Å². The summed E-state index contributed by atoms with van der Waals surface area (Å²) in [6.07, 6.45) is 2.01. The van der Waals surface area contributed by atoms with Crippen LogP contribution in [-0.4, -0.2) is 37.2 Å². The van der Waals surface area contributed by atoms with Gasteiger partial charge in [-0.3, -0.25) is 4.79 Å². The lowest BCUT2D eigenvalue weighted by Gasteiger charge is -2.24. The number of nitrogens with zero attached hydrogens (tertiary/aromatic N) is 1. The molecule has 1 aliphatic rings. The van der Waals surface area contributed by atoms with Crippen molar-refractivity contribution in [3.8, 4) is 11.5 Å². The molecule has 1 atom stereocenters. The first kappa shape index (κ1) is 17.3. The molecule has 0 saturated carbocycles. The van der Waals surface area contributed by atoms with E-state index in [4.69, 9.17) is 15.2 Å². The van der Waals surface area contributed by atoms with E-state index >= 15 is 0 Å². The normalized spacial score (nSPS) is 13.2. The van der Waals surface area contributed by atoms with Gasteiger partial charge in [0.25, 0.3) is 0 Å². The fourth-order valence-corrected chi connectivity index (χ4v) is 1.94. The van der Waals surface area contributed by atoms with E-state index in [0.29, 0.717) is 0 Å². The molecule has 0 bridgehead atoms. The summed E-state index contributed by atoms with van der Waals surface area (Å²) in [5, 5.41) is 0. The van der Waals surface area contributed by atoms with Crippen LogP contribution in [0.5, 0.6) is 11.5 Å². The highest BCUT2D eigenvalue weighted by molar-refractivity contribution is 5.78. The van der Waals surface area contributed by atoms with E-state index in [-0.39, 0.29) is 25.3 Å². The average molecular weight is 294 g/mol. The molecule has 1 aromatic carbocycles. The molecule has 5 heteroatoms. The van der Waals surface area contributed by atoms with Crippen LogP contribution in [0.3, 0.4) is 0 Å². The number of hydrogen-bond donors (Lipinski definition) is 1. The molecule has 2 N–H and O–H groups in total. The zero-order valence-electron chi connectivity index (χ0n) is 13.4. The summed E-state index contributed by atoms with van der Waals surface area (Å²) in [6.45, 7) is 6.57. The van der Waals surface area contributed by atoms with Gasteiger partial charge >= 0.3 is 0 Å². The molecule has 0 aliphatic carbocycles. The third kappa shape index (κ3) is 4.93. The quantitative estimate of drug-likeness (QED) is 0.924. The van der Waals surface area contributed by atoms with Crippen LogP contribution in [0.25, 0.3) is 0 Å². The molecule has 1 aromatic rings. The van der Waals surface area contributed by atoms with Crippen LogP contribution >= 0.6 is 0 Å². The van der Waals surface area contributed by atoms with Crippen molar-refractivity contribution in [2.24, 2.45) is 5.73 Å². The second-order valence-electron chi connectivity index (χ2n) is 5.16. The molecule has 1 amide bonds. The largest absolute Gasteiger partial charge is 0.454 e. The fraction of sp³-hybridized carbons (Fsp3) is 0.562. The fourth-order valence-electron chi connectivity index (χ4n) is 1.94. The van der Waals surface area contributed by atoms with Crippen molar-refractivity contribution in [3.05, 3.63) is 23.8 Å². The van der Waals surface area contributed by atoms with Crippen LogP contribution in [0, 0.1) is 0 Å². The Balaban J connectivity index is 0.000000677. The first-order valence-corrected chi connectivity index (χ1v) is 7.37. The van der Waals surface area contributed by atoms with Gasteiger partial charge in [0, 0.05) is 13.1 Å². The maximum Gasteiger partial charge on any atom is 0.236 e. The molecule has 118 valence electrons. The minimum atomic E-state index is -0.0526. The SMILES string of the molecule is CC(Cc1ccc2c(c1)OCO2)N(C)C(=O)CN.CCC. The van der Waals surface area contributed by atoms with E-state index in [1.807, 2.05) is 25.1 Å². The monoisotopic (exact) mass is 294 g/mol. The van der Waals surface area contributed by atoms with Crippen molar-refractivity contribution in [3.63, 3.8) is 0 Å². The number of carbonyl (C=O) groups is 1. The van der Waals surface area contributed by atoms with E-state index < -0.39 is 0 Å². The molecular weight excluding hydrogens is 268 g/mol. The molecule has 0 spiro atoms. The molecule has 2 rings (SSSR count). The Kier molecular flexibility index (Phi) is 7.02. The summed E-state index contributed by atoms with van der Waals surface area (Å²) in [5.74, 6) is 1.49. The summed E-state index contributed by atoms with van der Waals surface area (Å²) in [5.41, 5.74) is 6.46. The molecule has 0 radical (unpaired) electrons. The lowest BCUT2D eigenvalue weighted by molar-refractivity contribution is -0.130. The highest BCUT2D eigenvalue weighted by Crippen LogP contribution is 2.32. The van der Waals surface area contributed by atoms with Crippen LogP contribution in [0.1, 0.15) is 32.8 Å². The van der Waals surface area contributed by atoms with Gasteiger partial charge < -0.3 is 20.1 Å². The van der Waals surface area contributed by atoms with E-state index in [1.165, 1.54) is 6.42 Å². The summed E-state index contributed by atoms with van der Waals surface area (Å²) >= 11 is 0. The smallest absolute Gasteiger partial charge is 0.236 e. The Morgan fingerprint density at radius 3 is 2.57 bits per heavy atom. The number of benzene rings is 1. The standard InChI is InChI=1S/C13H18N2O3.C3H8/c1-9(15(2)13(16)7-14)5-10-3-4-11-12(6-10)18-8-17-11;1-3-2/h3-4,6,9H,5,7-8,14H2,1-2H3;3H2,1-2H3. The van der Waals surface area contributed by atoms with Crippen LogP contribution in [0.4, 0.5) is 0 Å². The van der Waals surface area contributed by atoms with Gasteiger partial charge in [-0.2, -0.15) is 0 Å². The van der Waals surface area contributed by atoms with E-state index in [2.05, 4.69) is 13.8 Å². The van der Waals surface area contributed by atoms with Crippen LogP contribution in [0.15, 0.2) is 18.2 Å². The molecule has 0 saturated heterocycles. The van der Waals surface area contributed by atoms with Gasteiger partial charge in [0.15, 0.2) is 11.5 Å². The van der Waals surface area contributed by atoms with E-state index in [0.717, 1.165) is 23.5 Å². The van der Waals surface area contributed by atoms with Crippen LogP contribution < -0.4 is 15.2 Å².